The highest BCUT2D eigenvalue weighted by atomic mass is 16.2. The first-order valence-corrected chi connectivity index (χ1v) is 8.80. The second kappa shape index (κ2) is 7.51. The van der Waals surface area contributed by atoms with Crippen molar-refractivity contribution in [1.29, 1.82) is 0 Å². The normalized spacial score (nSPS) is 16.1. The summed E-state index contributed by atoms with van der Waals surface area (Å²) in [5.74, 6) is -0.0675. The number of carbonyl (C=O) groups excluding carboxylic acids is 2. The van der Waals surface area contributed by atoms with Crippen molar-refractivity contribution in [3.8, 4) is 0 Å². The van der Waals surface area contributed by atoms with Crippen LogP contribution in [0.1, 0.15) is 58.8 Å². The number of fused-ring (bicyclic) bond motifs is 1. The van der Waals surface area contributed by atoms with E-state index in [1.807, 2.05) is 49.4 Å². The highest BCUT2D eigenvalue weighted by molar-refractivity contribution is 5.98. The van der Waals surface area contributed by atoms with E-state index in [9.17, 15) is 9.59 Å². The number of rotatable bonds is 5. The van der Waals surface area contributed by atoms with Gasteiger partial charge >= 0.3 is 0 Å². The van der Waals surface area contributed by atoms with Crippen molar-refractivity contribution in [2.75, 3.05) is 5.73 Å². The van der Waals surface area contributed by atoms with Crippen molar-refractivity contribution in [2.45, 2.75) is 45.1 Å². The SMILES string of the molecule is Cc1ccc(C(=O)CCC(=O)NC2CCCc3cc(N)ccc32)cc1. The van der Waals surface area contributed by atoms with Crippen molar-refractivity contribution < 1.29 is 9.59 Å². The number of ketones is 1. The summed E-state index contributed by atoms with van der Waals surface area (Å²) in [6.45, 7) is 1.98. The van der Waals surface area contributed by atoms with Crippen molar-refractivity contribution in [3.63, 3.8) is 0 Å². The molecule has 1 atom stereocenters. The maximum absolute atomic E-state index is 12.3. The van der Waals surface area contributed by atoms with Crippen molar-refractivity contribution in [2.24, 2.45) is 0 Å². The quantitative estimate of drug-likeness (QED) is 0.645. The molecule has 1 aliphatic carbocycles. The molecule has 1 aliphatic rings. The zero-order valence-corrected chi connectivity index (χ0v) is 14.5. The smallest absolute Gasteiger partial charge is 0.220 e. The highest BCUT2D eigenvalue weighted by Gasteiger charge is 2.22. The van der Waals surface area contributed by atoms with Crippen LogP contribution in [-0.2, 0) is 11.2 Å². The Balaban J connectivity index is 1.57. The van der Waals surface area contributed by atoms with Gasteiger partial charge in [-0.1, -0.05) is 35.9 Å². The van der Waals surface area contributed by atoms with Gasteiger partial charge in [-0.2, -0.15) is 0 Å². The zero-order valence-electron chi connectivity index (χ0n) is 14.5. The minimum Gasteiger partial charge on any atom is -0.399 e. The fourth-order valence-electron chi connectivity index (χ4n) is 3.36. The van der Waals surface area contributed by atoms with Gasteiger partial charge in [0.2, 0.25) is 5.91 Å². The lowest BCUT2D eigenvalue weighted by molar-refractivity contribution is -0.121. The Kier molecular flexibility index (Phi) is 5.17. The summed E-state index contributed by atoms with van der Waals surface area (Å²) in [5.41, 5.74) is 10.8. The molecule has 0 fully saturated rings. The van der Waals surface area contributed by atoms with Crippen LogP contribution in [0.15, 0.2) is 42.5 Å². The molecule has 2 aromatic carbocycles. The van der Waals surface area contributed by atoms with Gasteiger partial charge in [0.1, 0.15) is 0 Å². The molecular weight excluding hydrogens is 312 g/mol. The Labute approximate surface area is 148 Å². The average molecular weight is 336 g/mol. The summed E-state index contributed by atoms with van der Waals surface area (Å²) in [6, 6.07) is 13.4. The lowest BCUT2D eigenvalue weighted by Crippen LogP contribution is -2.31. The zero-order chi connectivity index (χ0) is 17.8. The van der Waals surface area contributed by atoms with Crippen molar-refractivity contribution >= 4 is 17.4 Å². The van der Waals surface area contributed by atoms with E-state index in [1.54, 1.807) is 0 Å². The van der Waals surface area contributed by atoms with Gasteiger partial charge < -0.3 is 11.1 Å². The topological polar surface area (TPSA) is 72.2 Å². The molecule has 25 heavy (non-hydrogen) atoms. The van der Waals surface area contributed by atoms with Gasteiger partial charge in [0, 0.05) is 24.1 Å². The molecule has 0 radical (unpaired) electrons. The number of amides is 1. The van der Waals surface area contributed by atoms with Crippen molar-refractivity contribution in [3.05, 3.63) is 64.7 Å². The molecule has 4 nitrogen and oxygen atoms in total. The number of nitrogen functional groups attached to an aromatic ring is 1. The molecule has 2 aromatic rings. The third kappa shape index (κ3) is 4.27. The van der Waals surface area contributed by atoms with E-state index in [4.69, 9.17) is 5.73 Å². The molecule has 4 heteroatoms. The van der Waals surface area contributed by atoms with Gasteiger partial charge in [0.15, 0.2) is 5.78 Å². The predicted octanol–water partition coefficient (Wildman–Crippen LogP) is 3.73. The van der Waals surface area contributed by atoms with Crippen LogP contribution in [0.25, 0.3) is 0 Å². The maximum atomic E-state index is 12.3. The van der Waals surface area contributed by atoms with E-state index in [-0.39, 0.29) is 30.6 Å². The van der Waals surface area contributed by atoms with E-state index in [0.717, 1.165) is 36.1 Å². The van der Waals surface area contributed by atoms with E-state index < -0.39 is 0 Å². The Bertz CT molecular complexity index is 781. The third-order valence-electron chi connectivity index (χ3n) is 4.77. The standard InChI is InChI=1S/C21H24N2O2/c1-14-5-7-15(8-6-14)20(24)11-12-21(25)23-19-4-2-3-16-13-17(22)9-10-18(16)19/h5-10,13,19H,2-4,11-12,22H2,1H3,(H,23,25). The molecule has 0 saturated heterocycles. The Morgan fingerprint density at radius 2 is 1.88 bits per heavy atom. The summed E-state index contributed by atoms with van der Waals surface area (Å²) in [7, 11) is 0. The lowest BCUT2D eigenvalue weighted by Gasteiger charge is -2.26. The van der Waals surface area contributed by atoms with Gasteiger partial charge in [0.05, 0.1) is 6.04 Å². The van der Waals surface area contributed by atoms with Gasteiger partial charge in [-0.3, -0.25) is 9.59 Å². The third-order valence-corrected chi connectivity index (χ3v) is 4.77. The van der Waals surface area contributed by atoms with E-state index in [2.05, 4.69) is 5.32 Å². The van der Waals surface area contributed by atoms with Crippen LogP contribution in [0.5, 0.6) is 0 Å². The van der Waals surface area contributed by atoms with Gasteiger partial charge in [0.25, 0.3) is 0 Å². The van der Waals surface area contributed by atoms with Crippen LogP contribution in [0.3, 0.4) is 0 Å². The minimum absolute atomic E-state index is 0.00645. The van der Waals surface area contributed by atoms with Gasteiger partial charge in [-0.05, 0) is 49.4 Å². The number of hydrogen-bond acceptors (Lipinski definition) is 3. The minimum atomic E-state index is -0.0739. The Hall–Kier alpha value is -2.62. The van der Waals surface area contributed by atoms with Crippen molar-refractivity contribution in [1.82, 2.24) is 5.32 Å². The summed E-state index contributed by atoms with van der Waals surface area (Å²) >= 11 is 0. The molecule has 0 heterocycles. The fourth-order valence-corrected chi connectivity index (χ4v) is 3.36. The average Bonchev–Trinajstić information content (AvgIpc) is 2.60. The molecular formula is C21H24N2O2. The maximum Gasteiger partial charge on any atom is 0.220 e. The lowest BCUT2D eigenvalue weighted by atomic mass is 9.87. The van der Waals surface area contributed by atoms with Crippen LogP contribution in [0.4, 0.5) is 5.69 Å². The molecule has 0 saturated carbocycles. The van der Waals surface area contributed by atoms with Gasteiger partial charge in [-0.15, -0.1) is 0 Å². The summed E-state index contributed by atoms with van der Waals surface area (Å²) < 4.78 is 0. The van der Waals surface area contributed by atoms with E-state index in [1.165, 1.54) is 5.56 Å². The van der Waals surface area contributed by atoms with Crippen LogP contribution >= 0.6 is 0 Å². The Morgan fingerprint density at radius 3 is 2.64 bits per heavy atom. The monoisotopic (exact) mass is 336 g/mol. The molecule has 0 bridgehead atoms. The largest absolute Gasteiger partial charge is 0.399 e. The second-order valence-electron chi connectivity index (χ2n) is 6.76. The van der Waals surface area contributed by atoms with Crippen LogP contribution in [0, 0.1) is 6.92 Å². The molecule has 0 aliphatic heterocycles. The summed E-state index contributed by atoms with van der Waals surface area (Å²) in [5, 5.41) is 3.08. The first-order valence-electron chi connectivity index (χ1n) is 8.80. The number of aryl methyl sites for hydroxylation is 2. The molecule has 0 spiro atoms. The number of hydrogen-bond donors (Lipinski definition) is 2. The number of Topliss-reactive ketones (excluding diaryl/α,β-unsaturated/α-hetero) is 1. The van der Waals surface area contributed by atoms with Crippen LogP contribution < -0.4 is 11.1 Å². The molecule has 0 aromatic heterocycles. The number of nitrogens with two attached hydrogens (primary N) is 1. The van der Waals surface area contributed by atoms with Crippen LogP contribution in [0.2, 0.25) is 0 Å². The van der Waals surface area contributed by atoms with E-state index in [0.29, 0.717) is 5.56 Å². The molecule has 1 amide bonds. The Morgan fingerprint density at radius 1 is 1.12 bits per heavy atom. The number of anilines is 1. The molecule has 3 N–H and O–H groups in total. The molecule has 3 rings (SSSR count). The fraction of sp³-hybridized carbons (Fsp3) is 0.333. The second-order valence-corrected chi connectivity index (χ2v) is 6.76. The molecule has 1 unspecified atom stereocenters. The predicted molar refractivity (Wildman–Crippen MR) is 99.4 cm³/mol. The number of nitrogens with one attached hydrogen (secondary N) is 1. The molecule has 130 valence electrons. The highest BCUT2D eigenvalue weighted by Crippen LogP contribution is 2.31. The summed E-state index contributed by atoms with van der Waals surface area (Å²) in [6.07, 6.45) is 3.40. The number of benzene rings is 2. The first-order chi connectivity index (χ1) is 12.0. The van der Waals surface area contributed by atoms with Crippen LogP contribution in [-0.4, -0.2) is 11.7 Å². The van der Waals surface area contributed by atoms with Gasteiger partial charge in [-0.25, -0.2) is 0 Å². The van der Waals surface area contributed by atoms with E-state index >= 15 is 0 Å². The first kappa shape index (κ1) is 17.2. The number of carbonyl (C=O) groups is 2. The summed E-state index contributed by atoms with van der Waals surface area (Å²) in [4.78, 5) is 24.5.